The predicted octanol–water partition coefficient (Wildman–Crippen LogP) is 1.50. The van der Waals surface area contributed by atoms with Gasteiger partial charge in [0.15, 0.2) is 11.5 Å². The smallest absolute Gasteiger partial charge is 0.170 e. The van der Waals surface area contributed by atoms with Crippen LogP contribution in [-0.4, -0.2) is 18.3 Å². The van der Waals surface area contributed by atoms with Crippen molar-refractivity contribution in [1.82, 2.24) is 0 Å². The van der Waals surface area contributed by atoms with Crippen LogP contribution in [-0.2, 0) is 5.54 Å². The fourth-order valence-corrected chi connectivity index (χ4v) is 2.39. The van der Waals surface area contributed by atoms with Crippen LogP contribution in [0, 0.1) is 0 Å². The van der Waals surface area contributed by atoms with E-state index >= 15 is 0 Å². The molecule has 1 aromatic rings. The van der Waals surface area contributed by atoms with Crippen LogP contribution in [0.4, 0.5) is 0 Å². The quantitative estimate of drug-likeness (QED) is 0.754. The Morgan fingerprint density at radius 1 is 1.19 bits per heavy atom. The van der Waals surface area contributed by atoms with Gasteiger partial charge in [-0.2, -0.15) is 0 Å². The largest absolute Gasteiger partial charge is 0.507 e. The number of ether oxygens (including phenoxy) is 2. The molecule has 4 heteroatoms. The highest BCUT2D eigenvalue weighted by Crippen LogP contribution is 2.50. The van der Waals surface area contributed by atoms with E-state index in [0.717, 1.165) is 24.8 Å². The molecule has 1 aromatic carbocycles. The van der Waals surface area contributed by atoms with Crippen molar-refractivity contribution in [3.05, 3.63) is 17.7 Å². The Labute approximate surface area is 94.0 Å². The van der Waals surface area contributed by atoms with E-state index in [1.165, 1.54) is 0 Å². The first-order valence-electron chi connectivity index (χ1n) is 5.62. The van der Waals surface area contributed by atoms with E-state index in [1.54, 1.807) is 12.1 Å². The molecule has 0 unspecified atom stereocenters. The number of aromatic hydroxyl groups is 1. The molecule has 0 radical (unpaired) electrons. The third-order valence-electron chi connectivity index (χ3n) is 3.43. The minimum atomic E-state index is -0.434. The molecule has 86 valence electrons. The predicted molar refractivity (Wildman–Crippen MR) is 58.8 cm³/mol. The van der Waals surface area contributed by atoms with Crippen LogP contribution < -0.4 is 15.2 Å². The molecule has 0 spiro atoms. The van der Waals surface area contributed by atoms with Crippen LogP contribution in [0.5, 0.6) is 17.2 Å². The molecule has 16 heavy (non-hydrogen) atoms. The molecule has 2 aliphatic rings. The molecule has 1 heterocycles. The fraction of sp³-hybridized carbons (Fsp3) is 0.500. The van der Waals surface area contributed by atoms with E-state index in [2.05, 4.69) is 0 Å². The number of nitrogens with two attached hydrogens (primary N) is 1. The molecule has 0 aromatic heterocycles. The van der Waals surface area contributed by atoms with Crippen molar-refractivity contribution in [2.24, 2.45) is 5.73 Å². The number of hydrogen-bond acceptors (Lipinski definition) is 4. The fourth-order valence-electron chi connectivity index (χ4n) is 2.39. The van der Waals surface area contributed by atoms with Crippen LogP contribution in [0.2, 0.25) is 0 Å². The van der Waals surface area contributed by atoms with Crippen LogP contribution in [0.1, 0.15) is 24.8 Å². The zero-order valence-electron chi connectivity index (χ0n) is 9.03. The topological polar surface area (TPSA) is 64.7 Å². The van der Waals surface area contributed by atoms with E-state index in [-0.39, 0.29) is 5.75 Å². The van der Waals surface area contributed by atoms with Crippen molar-refractivity contribution in [2.45, 2.75) is 24.8 Å². The molecule has 0 bridgehead atoms. The van der Waals surface area contributed by atoms with Crippen molar-refractivity contribution in [2.75, 3.05) is 13.2 Å². The number of hydrogen-bond donors (Lipinski definition) is 2. The highest BCUT2D eigenvalue weighted by Gasteiger charge is 2.40. The first kappa shape index (κ1) is 9.78. The lowest BCUT2D eigenvalue weighted by Crippen LogP contribution is -2.44. The lowest BCUT2D eigenvalue weighted by Gasteiger charge is -2.40. The van der Waals surface area contributed by atoms with Gasteiger partial charge < -0.3 is 20.3 Å². The summed E-state index contributed by atoms with van der Waals surface area (Å²) in [6.45, 7) is 1.06. The molecule has 1 saturated carbocycles. The first-order chi connectivity index (χ1) is 7.71. The van der Waals surface area contributed by atoms with Crippen molar-refractivity contribution < 1.29 is 14.6 Å². The van der Waals surface area contributed by atoms with Crippen molar-refractivity contribution in [3.8, 4) is 17.2 Å². The highest BCUT2D eigenvalue weighted by atomic mass is 16.6. The lowest BCUT2D eigenvalue weighted by molar-refractivity contribution is 0.157. The zero-order chi connectivity index (χ0) is 11.2. The second-order valence-corrected chi connectivity index (χ2v) is 4.49. The van der Waals surface area contributed by atoms with Crippen molar-refractivity contribution >= 4 is 0 Å². The zero-order valence-corrected chi connectivity index (χ0v) is 9.03. The summed E-state index contributed by atoms with van der Waals surface area (Å²) in [6, 6.07) is 3.37. The van der Waals surface area contributed by atoms with Crippen LogP contribution >= 0.6 is 0 Å². The third-order valence-corrected chi connectivity index (χ3v) is 3.43. The molecule has 1 aliphatic heterocycles. The molecule has 4 nitrogen and oxygen atoms in total. The van der Waals surface area contributed by atoms with Crippen molar-refractivity contribution in [3.63, 3.8) is 0 Å². The molecule has 3 N–H and O–H groups in total. The Kier molecular flexibility index (Phi) is 2.01. The number of phenolic OH excluding ortho intramolecular Hbond substituents is 1. The number of benzene rings is 1. The molecule has 3 rings (SSSR count). The maximum absolute atomic E-state index is 9.95. The van der Waals surface area contributed by atoms with E-state index in [9.17, 15) is 5.11 Å². The van der Waals surface area contributed by atoms with E-state index in [1.807, 2.05) is 0 Å². The Morgan fingerprint density at radius 2 is 1.94 bits per heavy atom. The Bertz CT molecular complexity index is 427. The Balaban J connectivity index is 2.14. The van der Waals surface area contributed by atoms with Gasteiger partial charge in [-0.1, -0.05) is 0 Å². The number of fused-ring (bicyclic) bond motifs is 1. The molecule has 1 fully saturated rings. The summed E-state index contributed by atoms with van der Waals surface area (Å²) in [5.74, 6) is 1.54. The van der Waals surface area contributed by atoms with Gasteiger partial charge in [-0.15, -0.1) is 0 Å². The molecular weight excluding hydrogens is 206 g/mol. The van der Waals surface area contributed by atoms with E-state index < -0.39 is 5.54 Å². The monoisotopic (exact) mass is 221 g/mol. The van der Waals surface area contributed by atoms with Gasteiger partial charge in [0.05, 0.1) is 5.56 Å². The molecule has 1 aliphatic carbocycles. The number of phenols is 1. The summed E-state index contributed by atoms with van der Waals surface area (Å²) in [4.78, 5) is 0. The number of rotatable bonds is 1. The van der Waals surface area contributed by atoms with E-state index in [4.69, 9.17) is 15.2 Å². The summed E-state index contributed by atoms with van der Waals surface area (Å²) in [6.07, 6.45) is 2.88. The summed E-state index contributed by atoms with van der Waals surface area (Å²) >= 11 is 0. The van der Waals surface area contributed by atoms with Gasteiger partial charge in [-0.25, -0.2) is 0 Å². The minimum Gasteiger partial charge on any atom is -0.507 e. The summed E-state index contributed by atoms with van der Waals surface area (Å²) < 4.78 is 11.1. The average molecular weight is 221 g/mol. The van der Waals surface area contributed by atoms with Crippen LogP contribution in [0.25, 0.3) is 0 Å². The molecule has 0 atom stereocenters. The third kappa shape index (κ3) is 1.26. The minimum absolute atomic E-state index is 0.214. The van der Waals surface area contributed by atoms with Gasteiger partial charge in [0.1, 0.15) is 19.0 Å². The normalized spacial score (nSPS) is 21.3. The maximum atomic E-state index is 9.95. The average Bonchev–Trinajstić information content (AvgIpc) is 2.26. The summed E-state index contributed by atoms with van der Waals surface area (Å²) in [5.41, 5.74) is 6.54. The molecule has 0 saturated heterocycles. The van der Waals surface area contributed by atoms with Gasteiger partial charge >= 0.3 is 0 Å². The second-order valence-electron chi connectivity index (χ2n) is 4.49. The van der Waals surface area contributed by atoms with Crippen LogP contribution in [0.3, 0.4) is 0 Å². The van der Waals surface area contributed by atoms with E-state index in [0.29, 0.717) is 24.7 Å². The summed E-state index contributed by atoms with van der Waals surface area (Å²) in [7, 11) is 0. The molecule has 0 amide bonds. The van der Waals surface area contributed by atoms with Gasteiger partial charge in [0.2, 0.25) is 0 Å². The standard InChI is InChI=1S/C12H15NO3/c13-12(4-1-5-12)10-8(14)2-3-9-11(10)16-7-6-15-9/h2-3,14H,1,4-7,13H2. The highest BCUT2D eigenvalue weighted by molar-refractivity contribution is 5.57. The van der Waals surface area contributed by atoms with Crippen LogP contribution in [0.15, 0.2) is 12.1 Å². The van der Waals surface area contributed by atoms with Gasteiger partial charge in [0, 0.05) is 5.54 Å². The van der Waals surface area contributed by atoms with Gasteiger partial charge in [-0.05, 0) is 31.4 Å². The second kappa shape index (κ2) is 3.28. The maximum Gasteiger partial charge on any atom is 0.170 e. The van der Waals surface area contributed by atoms with Crippen molar-refractivity contribution in [1.29, 1.82) is 0 Å². The van der Waals surface area contributed by atoms with Gasteiger partial charge in [-0.3, -0.25) is 0 Å². The Hall–Kier alpha value is -1.42. The lowest BCUT2D eigenvalue weighted by atomic mass is 9.72. The van der Waals surface area contributed by atoms with Gasteiger partial charge in [0.25, 0.3) is 0 Å². The first-order valence-corrected chi connectivity index (χ1v) is 5.62. The molecular formula is C12H15NO3. The summed E-state index contributed by atoms with van der Waals surface area (Å²) in [5, 5.41) is 9.95. The Morgan fingerprint density at radius 3 is 2.62 bits per heavy atom. The SMILES string of the molecule is NC1(c2c(O)ccc3c2OCCO3)CCC1.